The molecule has 6 aromatic rings. The summed E-state index contributed by atoms with van der Waals surface area (Å²) in [6, 6.07) is 22.2. The van der Waals surface area contributed by atoms with E-state index in [4.69, 9.17) is 20.4 Å². The van der Waals surface area contributed by atoms with Gasteiger partial charge in [0.2, 0.25) is 0 Å². The van der Waals surface area contributed by atoms with Gasteiger partial charge in [0.05, 0.1) is 0 Å². The predicted molar refractivity (Wildman–Crippen MR) is 104 cm³/mol. The standard InChI is InChI=1S/C22H11ClO2/c23-13-6-8-16-15(11-13)21-18(24-16)9-10-19-22(21)20-14-4-2-1-3-12(14)5-7-17(20)25-19/h1-11H. The van der Waals surface area contributed by atoms with Gasteiger partial charge in [-0.3, -0.25) is 0 Å². The Morgan fingerprint density at radius 3 is 2.08 bits per heavy atom. The van der Waals surface area contributed by atoms with Gasteiger partial charge < -0.3 is 8.83 Å². The van der Waals surface area contributed by atoms with Gasteiger partial charge in [-0.2, -0.15) is 0 Å². The molecule has 0 aliphatic carbocycles. The Kier molecular flexibility index (Phi) is 2.43. The van der Waals surface area contributed by atoms with Crippen LogP contribution in [0.2, 0.25) is 5.02 Å². The van der Waals surface area contributed by atoms with Crippen molar-refractivity contribution in [1.29, 1.82) is 0 Å². The van der Waals surface area contributed by atoms with Gasteiger partial charge in [-0.05, 0) is 47.2 Å². The molecule has 0 saturated carbocycles. The second-order valence-electron chi connectivity index (χ2n) is 6.32. The summed E-state index contributed by atoms with van der Waals surface area (Å²) in [6.45, 7) is 0. The third kappa shape index (κ3) is 1.70. The summed E-state index contributed by atoms with van der Waals surface area (Å²) in [5.74, 6) is 0. The Labute approximate surface area is 147 Å². The van der Waals surface area contributed by atoms with Crippen LogP contribution in [-0.4, -0.2) is 0 Å². The van der Waals surface area contributed by atoms with Gasteiger partial charge in [-0.25, -0.2) is 0 Å². The average Bonchev–Trinajstić information content (AvgIpc) is 3.19. The fourth-order valence-electron chi connectivity index (χ4n) is 3.87. The van der Waals surface area contributed by atoms with Gasteiger partial charge >= 0.3 is 0 Å². The van der Waals surface area contributed by atoms with Crippen molar-refractivity contribution in [3.8, 4) is 0 Å². The lowest BCUT2D eigenvalue weighted by atomic mass is 10.0. The zero-order chi connectivity index (χ0) is 16.5. The minimum absolute atomic E-state index is 0.699. The maximum atomic E-state index is 6.25. The van der Waals surface area contributed by atoms with E-state index < -0.39 is 0 Å². The summed E-state index contributed by atoms with van der Waals surface area (Å²) in [4.78, 5) is 0. The Balaban J connectivity index is 1.99. The molecule has 0 atom stereocenters. The smallest absolute Gasteiger partial charge is 0.136 e. The molecule has 6 rings (SSSR count). The SMILES string of the molecule is Clc1ccc2oc3ccc4oc5ccc6ccccc6c5c4c3c2c1. The Bertz CT molecular complexity index is 1450. The summed E-state index contributed by atoms with van der Waals surface area (Å²) in [5.41, 5.74) is 3.43. The van der Waals surface area contributed by atoms with Crippen LogP contribution in [0, 0.1) is 0 Å². The third-order valence-electron chi connectivity index (χ3n) is 4.92. The van der Waals surface area contributed by atoms with Crippen LogP contribution in [0.4, 0.5) is 0 Å². The highest BCUT2D eigenvalue weighted by atomic mass is 35.5. The molecule has 4 aromatic carbocycles. The van der Waals surface area contributed by atoms with Crippen molar-refractivity contribution in [1.82, 2.24) is 0 Å². The second kappa shape index (κ2) is 4.56. The molecule has 0 unspecified atom stereocenters. The van der Waals surface area contributed by atoms with E-state index in [-0.39, 0.29) is 0 Å². The number of benzene rings is 4. The molecule has 0 bridgehead atoms. The van der Waals surface area contributed by atoms with Gasteiger partial charge in [0.1, 0.15) is 22.3 Å². The van der Waals surface area contributed by atoms with Crippen LogP contribution < -0.4 is 0 Å². The number of halogens is 1. The van der Waals surface area contributed by atoms with Crippen molar-refractivity contribution in [2.24, 2.45) is 0 Å². The van der Waals surface area contributed by atoms with E-state index >= 15 is 0 Å². The molecule has 0 radical (unpaired) electrons. The van der Waals surface area contributed by atoms with E-state index in [1.807, 2.05) is 36.4 Å². The minimum Gasteiger partial charge on any atom is -0.456 e. The summed E-state index contributed by atoms with van der Waals surface area (Å²) >= 11 is 6.25. The van der Waals surface area contributed by atoms with Crippen LogP contribution >= 0.6 is 11.6 Å². The van der Waals surface area contributed by atoms with Crippen LogP contribution in [0.1, 0.15) is 0 Å². The number of rotatable bonds is 0. The van der Waals surface area contributed by atoms with E-state index in [9.17, 15) is 0 Å². The first-order valence-electron chi connectivity index (χ1n) is 8.14. The van der Waals surface area contributed by atoms with Crippen molar-refractivity contribution in [2.45, 2.75) is 0 Å². The van der Waals surface area contributed by atoms with E-state index in [1.165, 1.54) is 10.8 Å². The molecule has 0 aliphatic heterocycles. The first kappa shape index (κ1) is 13.3. The Morgan fingerprint density at radius 1 is 0.560 bits per heavy atom. The zero-order valence-corrected chi connectivity index (χ0v) is 13.8. The molecule has 0 aliphatic rings. The van der Waals surface area contributed by atoms with Gasteiger partial charge in [-0.1, -0.05) is 41.9 Å². The maximum absolute atomic E-state index is 6.25. The lowest BCUT2D eigenvalue weighted by molar-refractivity contribution is 0.663. The zero-order valence-electron chi connectivity index (χ0n) is 13.0. The first-order chi connectivity index (χ1) is 12.3. The summed E-state index contributed by atoms with van der Waals surface area (Å²) < 4.78 is 12.2. The molecule has 3 heteroatoms. The molecule has 2 heterocycles. The molecule has 0 N–H and O–H groups in total. The summed E-state index contributed by atoms with van der Waals surface area (Å²) in [5, 5.41) is 7.37. The summed E-state index contributed by atoms with van der Waals surface area (Å²) in [7, 11) is 0. The Hall–Kier alpha value is -2.97. The minimum atomic E-state index is 0.699. The highest BCUT2D eigenvalue weighted by Crippen LogP contribution is 2.42. The molecule has 118 valence electrons. The van der Waals surface area contributed by atoms with Crippen LogP contribution in [0.5, 0.6) is 0 Å². The topological polar surface area (TPSA) is 26.3 Å². The maximum Gasteiger partial charge on any atom is 0.136 e. The summed E-state index contributed by atoms with van der Waals surface area (Å²) in [6.07, 6.45) is 0. The fraction of sp³-hybridized carbons (Fsp3) is 0. The number of hydrogen-bond donors (Lipinski definition) is 0. The lowest BCUT2D eigenvalue weighted by Crippen LogP contribution is -1.75. The van der Waals surface area contributed by atoms with Crippen LogP contribution in [-0.2, 0) is 0 Å². The van der Waals surface area contributed by atoms with E-state index in [0.29, 0.717) is 5.02 Å². The van der Waals surface area contributed by atoms with Crippen molar-refractivity contribution in [3.63, 3.8) is 0 Å². The van der Waals surface area contributed by atoms with E-state index in [1.54, 1.807) is 0 Å². The highest BCUT2D eigenvalue weighted by molar-refractivity contribution is 6.34. The molecule has 2 aromatic heterocycles. The molecular formula is C22H11ClO2. The normalized spacial score (nSPS) is 12.2. The predicted octanol–water partition coefficient (Wildman–Crippen LogP) is 7.29. The number of hydrogen-bond acceptors (Lipinski definition) is 2. The third-order valence-corrected chi connectivity index (χ3v) is 5.16. The lowest BCUT2D eigenvalue weighted by Gasteiger charge is -1.99. The van der Waals surface area contributed by atoms with Crippen molar-refractivity contribution < 1.29 is 8.83 Å². The molecule has 25 heavy (non-hydrogen) atoms. The van der Waals surface area contributed by atoms with Crippen molar-refractivity contribution >= 4 is 66.3 Å². The van der Waals surface area contributed by atoms with Gasteiger partial charge in [0.25, 0.3) is 0 Å². The van der Waals surface area contributed by atoms with E-state index in [0.717, 1.165) is 43.9 Å². The van der Waals surface area contributed by atoms with Gasteiger partial charge in [0.15, 0.2) is 0 Å². The first-order valence-corrected chi connectivity index (χ1v) is 8.52. The van der Waals surface area contributed by atoms with E-state index in [2.05, 4.69) is 30.3 Å². The van der Waals surface area contributed by atoms with Crippen LogP contribution in [0.15, 0.2) is 75.6 Å². The monoisotopic (exact) mass is 342 g/mol. The number of fused-ring (bicyclic) bond motifs is 9. The van der Waals surface area contributed by atoms with Crippen LogP contribution in [0.3, 0.4) is 0 Å². The van der Waals surface area contributed by atoms with Gasteiger partial charge in [0, 0.05) is 26.6 Å². The van der Waals surface area contributed by atoms with Crippen LogP contribution in [0.25, 0.3) is 54.6 Å². The molecule has 0 amide bonds. The van der Waals surface area contributed by atoms with Crippen molar-refractivity contribution in [3.05, 3.63) is 71.8 Å². The molecular weight excluding hydrogens is 332 g/mol. The molecule has 0 fully saturated rings. The molecule has 0 saturated heterocycles. The number of furan rings is 2. The molecule has 0 spiro atoms. The fourth-order valence-corrected chi connectivity index (χ4v) is 4.04. The quantitative estimate of drug-likeness (QED) is 0.289. The second-order valence-corrected chi connectivity index (χ2v) is 6.75. The average molecular weight is 343 g/mol. The van der Waals surface area contributed by atoms with Gasteiger partial charge in [-0.15, -0.1) is 0 Å². The molecule has 2 nitrogen and oxygen atoms in total. The Morgan fingerprint density at radius 2 is 1.20 bits per heavy atom. The van der Waals surface area contributed by atoms with Crippen molar-refractivity contribution in [2.75, 3.05) is 0 Å². The highest BCUT2D eigenvalue weighted by Gasteiger charge is 2.17. The largest absolute Gasteiger partial charge is 0.456 e.